The van der Waals surface area contributed by atoms with Gasteiger partial charge in [-0.3, -0.25) is 13.9 Å². The molecule has 1 aromatic carbocycles. The Labute approximate surface area is 183 Å². The highest BCUT2D eigenvalue weighted by Crippen LogP contribution is 2.35. The Bertz CT molecular complexity index is 1050. The van der Waals surface area contributed by atoms with Crippen LogP contribution in [-0.4, -0.2) is 73.0 Å². The van der Waals surface area contributed by atoms with Crippen molar-refractivity contribution in [2.75, 3.05) is 48.6 Å². The molecule has 9 nitrogen and oxygen atoms in total. The van der Waals surface area contributed by atoms with Crippen LogP contribution >= 0.6 is 0 Å². The number of carbonyl (C=O) groups excluding carboxylic acids is 1. The van der Waals surface area contributed by atoms with Crippen LogP contribution in [0.25, 0.3) is 0 Å². The fraction of sp³-hybridized carbons (Fsp3) is 0.524. The minimum atomic E-state index is -3.32. The third-order valence-electron chi connectivity index (χ3n) is 5.92. The first kappa shape index (κ1) is 21.6. The molecule has 2 amide bonds. The first-order valence-electron chi connectivity index (χ1n) is 10.7. The van der Waals surface area contributed by atoms with Crippen LogP contribution in [0, 0.1) is 0 Å². The number of sulfonamides is 1. The standard InChI is InChI=1S/C21H30N6O3S/c1-3-26-16-17(14-22-26)15-24-9-5-10-25(13-12-24)21(28)23-19-6-4-7-20-18(19)8-11-27(20)31(2,29)30/h4,6-7,14,16H,3,5,8-13,15H2,1-2H3,(H,23,28). The average molecular weight is 447 g/mol. The van der Waals surface area contributed by atoms with Gasteiger partial charge in [-0.1, -0.05) is 6.07 Å². The summed E-state index contributed by atoms with van der Waals surface area (Å²) in [6.07, 6.45) is 6.70. The van der Waals surface area contributed by atoms with Gasteiger partial charge in [0.2, 0.25) is 10.0 Å². The maximum Gasteiger partial charge on any atom is 0.321 e. The van der Waals surface area contributed by atoms with E-state index in [4.69, 9.17) is 0 Å². The van der Waals surface area contributed by atoms with Crippen LogP contribution in [0.3, 0.4) is 0 Å². The van der Waals surface area contributed by atoms with Crippen LogP contribution in [0.1, 0.15) is 24.5 Å². The highest BCUT2D eigenvalue weighted by atomic mass is 32.2. The number of nitrogens with one attached hydrogen (secondary N) is 1. The molecule has 0 atom stereocenters. The zero-order chi connectivity index (χ0) is 22.0. The van der Waals surface area contributed by atoms with E-state index in [-0.39, 0.29) is 6.03 Å². The molecule has 3 heterocycles. The van der Waals surface area contributed by atoms with Gasteiger partial charge in [0, 0.05) is 68.8 Å². The zero-order valence-corrected chi connectivity index (χ0v) is 18.9. The zero-order valence-electron chi connectivity index (χ0n) is 18.1. The fourth-order valence-corrected chi connectivity index (χ4v) is 5.26. The summed E-state index contributed by atoms with van der Waals surface area (Å²) in [5.74, 6) is 0. The predicted octanol–water partition coefficient (Wildman–Crippen LogP) is 1.96. The molecule has 2 aromatic rings. The van der Waals surface area contributed by atoms with E-state index in [0.29, 0.717) is 37.4 Å². The second-order valence-electron chi connectivity index (χ2n) is 8.14. The molecule has 4 rings (SSSR count). The van der Waals surface area contributed by atoms with E-state index in [1.54, 1.807) is 12.1 Å². The van der Waals surface area contributed by atoms with E-state index in [1.165, 1.54) is 16.1 Å². The van der Waals surface area contributed by atoms with Crippen molar-refractivity contribution < 1.29 is 13.2 Å². The van der Waals surface area contributed by atoms with Gasteiger partial charge in [0.05, 0.1) is 18.1 Å². The van der Waals surface area contributed by atoms with Gasteiger partial charge in [0.15, 0.2) is 0 Å². The summed E-state index contributed by atoms with van der Waals surface area (Å²) in [7, 11) is -3.32. The van der Waals surface area contributed by atoms with Crippen LogP contribution in [0.15, 0.2) is 30.6 Å². The first-order valence-corrected chi connectivity index (χ1v) is 12.6. The highest BCUT2D eigenvalue weighted by Gasteiger charge is 2.29. The SMILES string of the molecule is CCn1cc(CN2CCCN(C(=O)Nc3cccc4c3CCN4S(C)(=O)=O)CC2)cn1. The molecule has 1 saturated heterocycles. The lowest BCUT2D eigenvalue weighted by Crippen LogP contribution is -2.38. The van der Waals surface area contributed by atoms with Crippen molar-refractivity contribution >= 4 is 27.4 Å². The predicted molar refractivity (Wildman–Crippen MR) is 121 cm³/mol. The molecule has 0 aliphatic carbocycles. The molecule has 168 valence electrons. The minimum absolute atomic E-state index is 0.133. The summed E-state index contributed by atoms with van der Waals surface area (Å²) >= 11 is 0. The lowest BCUT2D eigenvalue weighted by molar-refractivity contribution is 0.211. The Morgan fingerprint density at radius 3 is 2.74 bits per heavy atom. The molecule has 2 aliphatic heterocycles. The van der Waals surface area contributed by atoms with E-state index in [9.17, 15) is 13.2 Å². The Hall–Kier alpha value is -2.59. The van der Waals surface area contributed by atoms with Gasteiger partial charge in [-0.05, 0) is 31.9 Å². The van der Waals surface area contributed by atoms with Crippen LogP contribution < -0.4 is 9.62 Å². The summed E-state index contributed by atoms with van der Waals surface area (Å²) in [6.45, 7) is 7.26. The van der Waals surface area contributed by atoms with Gasteiger partial charge in [0.1, 0.15) is 0 Å². The van der Waals surface area contributed by atoms with Gasteiger partial charge in [-0.2, -0.15) is 5.10 Å². The average Bonchev–Trinajstić information content (AvgIpc) is 3.30. The fourth-order valence-electron chi connectivity index (χ4n) is 4.31. The van der Waals surface area contributed by atoms with E-state index >= 15 is 0 Å². The monoisotopic (exact) mass is 446 g/mol. The maximum absolute atomic E-state index is 13.0. The van der Waals surface area contributed by atoms with Crippen molar-refractivity contribution in [3.63, 3.8) is 0 Å². The van der Waals surface area contributed by atoms with E-state index in [1.807, 2.05) is 21.8 Å². The molecule has 0 unspecified atom stereocenters. The number of hydrogen-bond acceptors (Lipinski definition) is 5. The molecule has 0 saturated carbocycles. The Morgan fingerprint density at radius 2 is 2.00 bits per heavy atom. The van der Waals surface area contributed by atoms with Crippen LogP contribution in [0.2, 0.25) is 0 Å². The number of aromatic nitrogens is 2. The molecule has 10 heteroatoms. The number of carbonyl (C=O) groups is 1. The van der Waals surface area contributed by atoms with Crippen molar-refractivity contribution in [2.45, 2.75) is 32.9 Å². The lowest BCUT2D eigenvalue weighted by atomic mass is 10.1. The summed E-state index contributed by atoms with van der Waals surface area (Å²) in [5, 5.41) is 7.36. The largest absolute Gasteiger partial charge is 0.323 e. The van der Waals surface area contributed by atoms with Crippen molar-refractivity contribution in [3.8, 4) is 0 Å². The third-order valence-corrected chi connectivity index (χ3v) is 7.10. The quantitative estimate of drug-likeness (QED) is 0.758. The van der Waals surface area contributed by atoms with Gasteiger partial charge in [-0.25, -0.2) is 13.2 Å². The van der Waals surface area contributed by atoms with Gasteiger partial charge < -0.3 is 10.2 Å². The number of benzene rings is 1. The number of aryl methyl sites for hydroxylation is 1. The van der Waals surface area contributed by atoms with E-state index in [2.05, 4.69) is 28.4 Å². The summed E-state index contributed by atoms with van der Waals surface area (Å²) in [6, 6.07) is 5.30. The van der Waals surface area contributed by atoms with Crippen LogP contribution in [0.4, 0.5) is 16.2 Å². The Kier molecular flexibility index (Phi) is 6.19. The van der Waals surface area contributed by atoms with Gasteiger partial charge in [0.25, 0.3) is 0 Å². The normalized spacial score (nSPS) is 17.5. The number of urea groups is 1. The van der Waals surface area contributed by atoms with Gasteiger partial charge >= 0.3 is 6.03 Å². The molecule has 0 bridgehead atoms. The molecular weight excluding hydrogens is 416 g/mol. The summed E-state index contributed by atoms with van der Waals surface area (Å²) in [4.78, 5) is 17.2. The lowest BCUT2D eigenvalue weighted by Gasteiger charge is -2.23. The molecule has 1 aromatic heterocycles. The Morgan fingerprint density at radius 1 is 1.16 bits per heavy atom. The van der Waals surface area contributed by atoms with Crippen molar-refractivity contribution in [1.82, 2.24) is 19.6 Å². The highest BCUT2D eigenvalue weighted by molar-refractivity contribution is 7.92. The number of fused-ring (bicyclic) bond motifs is 1. The number of nitrogens with zero attached hydrogens (tertiary/aromatic N) is 5. The molecule has 0 spiro atoms. The summed E-state index contributed by atoms with van der Waals surface area (Å²) in [5.41, 5.74) is 3.43. The van der Waals surface area contributed by atoms with E-state index < -0.39 is 10.0 Å². The third kappa shape index (κ3) is 4.85. The number of anilines is 2. The van der Waals surface area contributed by atoms with Gasteiger partial charge in [-0.15, -0.1) is 0 Å². The first-order chi connectivity index (χ1) is 14.8. The second kappa shape index (κ2) is 8.88. The number of hydrogen-bond donors (Lipinski definition) is 1. The molecule has 1 fully saturated rings. The second-order valence-corrected chi connectivity index (χ2v) is 10.0. The number of rotatable bonds is 5. The van der Waals surface area contributed by atoms with Crippen molar-refractivity contribution in [3.05, 3.63) is 41.7 Å². The molecule has 0 radical (unpaired) electrons. The molecular formula is C21H30N6O3S. The van der Waals surface area contributed by atoms with Crippen LogP contribution in [0.5, 0.6) is 0 Å². The Balaban J connectivity index is 1.38. The number of amides is 2. The maximum atomic E-state index is 13.0. The van der Waals surface area contributed by atoms with Crippen molar-refractivity contribution in [2.24, 2.45) is 0 Å². The van der Waals surface area contributed by atoms with Crippen LogP contribution in [-0.2, 0) is 29.5 Å². The minimum Gasteiger partial charge on any atom is -0.323 e. The van der Waals surface area contributed by atoms with E-state index in [0.717, 1.165) is 38.2 Å². The molecule has 2 aliphatic rings. The topological polar surface area (TPSA) is 90.8 Å². The summed E-state index contributed by atoms with van der Waals surface area (Å²) < 4.78 is 27.4. The smallest absolute Gasteiger partial charge is 0.321 e. The molecule has 1 N–H and O–H groups in total. The van der Waals surface area contributed by atoms with Crippen molar-refractivity contribution in [1.29, 1.82) is 0 Å². The molecule has 31 heavy (non-hydrogen) atoms.